The van der Waals surface area contributed by atoms with Crippen LogP contribution in [0.25, 0.3) is 5.69 Å². The van der Waals surface area contributed by atoms with Gasteiger partial charge in [-0.05, 0) is 68.3 Å². The van der Waals surface area contributed by atoms with Crippen LogP contribution >= 0.6 is 27.7 Å². The van der Waals surface area contributed by atoms with Crippen LogP contribution in [0, 0.1) is 13.8 Å². The average molecular weight is 481 g/mol. The molecule has 4 nitrogen and oxygen atoms in total. The van der Waals surface area contributed by atoms with Gasteiger partial charge in [0.25, 0.3) is 0 Å². The van der Waals surface area contributed by atoms with Crippen LogP contribution in [0.5, 0.6) is 0 Å². The fraction of sp³-hybridized carbons (Fsp3) is 0.333. The highest BCUT2D eigenvalue weighted by molar-refractivity contribution is 9.10. The third kappa shape index (κ3) is 3.21. The van der Waals surface area contributed by atoms with Crippen molar-refractivity contribution in [2.75, 3.05) is 5.75 Å². The van der Waals surface area contributed by atoms with E-state index in [0.29, 0.717) is 6.04 Å². The number of aliphatic imine (C=N–C) groups is 1. The Balaban J connectivity index is 1.63. The fourth-order valence-electron chi connectivity index (χ4n) is 4.76. The summed E-state index contributed by atoms with van der Waals surface area (Å²) in [5.74, 6) is 1.12. The van der Waals surface area contributed by atoms with E-state index in [1.165, 1.54) is 27.8 Å². The van der Waals surface area contributed by atoms with Gasteiger partial charge in [0.15, 0.2) is 5.17 Å². The number of fused-ring (bicyclic) bond motifs is 1. The zero-order valence-electron chi connectivity index (χ0n) is 17.4. The number of benzene rings is 1. The first-order valence-corrected chi connectivity index (χ1v) is 12.2. The zero-order chi connectivity index (χ0) is 20.8. The molecule has 0 N–H and O–H groups in total. The van der Waals surface area contributed by atoms with Crippen molar-refractivity contribution in [3.05, 3.63) is 81.8 Å². The number of rotatable bonds is 4. The van der Waals surface area contributed by atoms with Crippen LogP contribution in [-0.4, -0.2) is 31.4 Å². The third-order valence-electron chi connectivity index (χ3n) is 6.20. The normalized spacial score (nSPS) is 23.0. The predicted molar refractivity (Wildman–Crippen MR) is 128 cm³/mol. The van der Waals surface area contributed by atoms with Crippen LogP contribution < -0.4 is 0 Å². The van der Waals surface area contributed by atoms with E-state index in [1.807, 2.05) is 24.0 Å². The topological polar surface area (TPSA) is 33.4 Å². The van der Waals surface area contributed by atoms with Crippen LogP contribution in [0.1, 0.15) is 48.1 Å². The molecule has 2 aliphatic heterocycles. The van der Waals surface area contributed by atoms with Crippen molar-refractivity contribution in [3.63, 3.8) is 0 Å². The molecule has 2 aliphatic rings. The van der Waals surface area contributed by atoms with Gasteiger partial charge in [0, 0.05) is 39.5 Å². The summed E-state index contributed by atoms with van der Waals surface area (Å²) in [5.41, 5.74) is 6.12. The molecule has 154 valence electrons. The summed E-state index contributed by atoms with van der Waals surface area (Å²) in [5, 5.41) is 1.18. The first kappa shape index (κ1) is 19.9. The number of hydrogen-bond acceptors (Lipinski definition) is 4. The van der Waals surface area contributed by atoms with Crippen molar-refractivity contribution in [1.82, 2.24) is 14.5 Å². The van der Waals surface area contributed by atoms with Gasteiger partial charge in [-0.3, -0.25) is 9.98 Å². The molecule has 0 bridgehead atoms. The van der Waals surface area contributed by atoms with E-state index in [4.69, 9.17) is 4.99 Å². The van der Waals surface area contributed by atoms with Crippen LogP contribution in [0.3, 0.4) is 0 Å². The van der Waals surface area contributed by atoms with Crippen LogP contribution in [0.15, 0.2) is 64.2 Å². The minimum Gasteiger partial charge on any atom is -0.338 e. The molecule has 0 amide bonds. The Morgan fingerprint density at radius 1 is 1.13 bits per heavy atom. The molecule has 5 rings (SSSR count). The first-order chi connectivity index (χ1) is 14.6. The number of aromatic nitrogens is 2. The summed E-state index contributed by atoms with van der Waals surface area (Å²) in [6.07, 6.45) is 3.01. The van der Waals surface area contributed by atoms with E-state index in [9.17, 15) is 0 Å². The maximum absolute atomic E-state index is 5.17. The van der Waals surface area contributed by atoms with Gasteiger partial charge >= 0.3 is 0 Å². The van der Waals surface area contributed by atoms with E-state index in [-0.39, 0.29) is 12.1 Å². The van der Waals surface area contributed by atoms with Crippen molar-refractivity contribution >= 4 is 32.9 Å². The molecule has 1 saturated heterocycles. The lowest BCUT2D eigenvalue weighted by Gasteiger charge is -2.32. The summed E-state index contributed by atoms with van der Waals surface area (Å²) in [7, 11) is 0. The Labute approximate surface area is 190 Å². The Kier molecular flexibility index (Phi) is 5.23. The van der Waals surface area contributed by atoms with Crippen molar-refractivity contribution in [2.24, 2.45) is 4.99 Å². The lowest BCUT2D eigenvalue weighted by atomic mass is 9.95. The maximum atomic E-state index is 5.17. The smallest absolute Gasteiger partial charge is 0.160 e. The molecule has 0 saturated carbocycles. The molecule has 30 heavy (non-hydrogen) atoms. The predicted octanol–water partition coefficient (Wildman–Crippen LogP) is 6.23. The van der Waals surface area contributed by atoms with Gasteiger partial charge in [-0.15, -0.1) is 0 Å². The van der Waals surface area contributed by atoms with E-state index in [0.717, 1.165) is 22.3 Å². The van der Waals surface area contributed by atoms with E-state index >= 15 is 0 Å². The third-order valence-corrected chi connectivity index (χ3v) is 7.86. The summed E-state index contributed by atoms with van der Waals surface area (Å²) >= 11 is 5.45. The minimum atomic E-state index is 0.0296. The van der Waals surface area contributed by atoms with Crippen molar-refractivity contribution in [2.45, 2.75) is 45.3 Å². The number of nitrogens with zero attached hydrogens (tertiary/aromatic N) is 4. The molecular formula is C24H25BrN4S. The van der Waals surface area contributed by atoms with Crippen LogP contribution in [0.4, 0.5) is 0 Å². The largest absolute Gasteiger partial charge is 0.338 e. The molecule has 3 atom stereocenters. The lowest BCUT2D eigenvalue weighted by Crippen LogP contribution is -2.35. The molecular weight excluding hydrogens is 456 g/mol. The van der Waals surface area contributed by atoms with E-state index < -0.39 is 0 Å². The van der Waals surface area contributed by atoms with Crippen LogP contribution in [0.2, 0.25) is 0 Å². The van der Waals surface area contributed by atoms with Gasteiger partial charge in [0.1, 0.15) is 6.04 Å². The number of aryl methyl sites for hydroxylation is 1. The molecule has 0 radical (unpaired) electrons. The Bertz CT molecular complexity index is 1090. The molecule has 0 aliphatic carbocycles. The number of halogens is 1. The Morgan fingerprint density at radius 3 is 2.63 bits per heavy atom. The summed E-state index contributed by atoms with van der Waals surface area (Å²) < 4.78 is 3.46. The van der Waals surface area contributed by atoms with Gasteiger partial charge in [-0.25, -0.2) is 0 Å². The molecule has 3 aromatic rings. The van der Waals surface area contributed by atoms with Crippen molar-refractivity contribution < 1.29 is 0 Å². The summed E-state index contributed by atoms with van der Waals surface area (Å²) in [4.78, 5) is 12.4. The second-order valence-corrected chi connectivity index (χ2v) is 9.88. The highest BCUT2D eigenvalue weighted by atomic mass is 79.9. The summed E-state index contributed by atoms with van der Waals surface area (Å²) in [6, 6.07) is 17.8. The highest BCUT2D eigenvalue weighted by Crippen LogP contribution is 2.49. The molecule has 0 unspecified atom stereocenters. The zero-order valence-corrected chi connectivity index (χ0v) is 19.8. The summed E-state index contributed by atoms with van der Waals surface area (Å²) in [6.45, 7) is 6.72. The Hall–Kier alpha value is -2.05. The lowest BCUT2D eigenvalue weighted by molar-refractivity contribution is 0.254. The van der Waals surface area contributed by atoms with Gasteiger partial charge in [0.05, 0.1) is 11.7 Å². The van der Waals surface area contributed by atoms with Crippen molar-refractivity contribution in [3.8, 4) is 5.69 Å². The maximum Gasteiger partial charge on any atom is 0.160 e. The number of pyridine rings is 1. The highest BCUT2D eigenvalue weighted by Gasteiger charge is 2.46. The molecule has 2 aromatic heterocycles. The molecule has 1 fully saturated rings. The Morgan fingerprint density at radius 2 is 1.93 bits per heavy atom. The number of thioether (sulfide) groups is 1. The number of amidine groups is 1. The fourth-order valence-corrected chi connectivity index (χ4v) is 6.36. The molecule has 1 aromatic carbocycles. The van der Waals surface area contributed by atoms with Crippen LogP contribution in [-0.2, 0) is 0 Å². The van der Waals surface area contributed by atoms with Gasteiger partial charge in [-0.1, -0.05) is 40.7 Å². The molecule has 0 spiro atoms. The SMILES string of the molecule is CC[C@H]1CSC2=N[C@H](c3ccccn3)[C@@H](c3cc(C)n(-c4ccc(Br)cc4)c3C)N21. The van der Waals surface area contributed by atoms with E-state index in [2.05, 4.69) is 93.6 Å². The average Bonchev–Trinajstić information content (AvgIpc) is 3.41. The minimum absolute atomic E-state index is 0.0296. The van der Waals surface area contributed by atoms with Crippen molar-refractivity contribution in [1.29, 1.82) is 0 Å². The quantitative estimate of drug-likeness (QED) is 0.443. The molecule has 4 heterocycles. The van der Waals surface area contributed by atoms with Gasteiger partial charge < -0.3 is 9.47 Å². The molecule has 6 heteroatoms. The standard InChI is InChI=1S/C24H25BrN4S/c1-4-18-14-30-24-27-22(21-7-5-6-12-26-21)23(29(18)24)20-13-15(2)28(16(20)3)19-10-8-17(25)9-11-19/h5-13,18,22-23H,4,14H2,1-3H3/t18-,22+,23+/m0/s1. The van der Waals surface area contributed by atoms with E-state index in [1.54, 1.807) is 0 Å². The first-order valence-electron chi connectivity index (χ1n) is 10.4. The van der Waals surface area contributed by atoms with Gasteiger partial charge in [-0.2, -0.15) is 0 Å². The second-order valence-electron chi connectivity index (χ2n) is 7.97. The number of hydrogen-bond donors (Lipinski definition) is 0. The monoisotopic (exact) mass is 480 g/mol. The van der Waals surface area contributed by atoms with Gasteiger partial charge in [0.2, 0.25) is 0 Å². The second kappa shape index (κ2) is 7.89.